The minimum absolute atomic E-state index is 0.269. The summed E-state index contributed by atoms with van der Waals surface area (Å²) < 4.78 is 6.03. The van der Waals surface area contributed by atoms with E-state index >= 15 is 0 Å². The molecule has 1 heterocycles. The van der Waals surface area contributed by atoms with Gasteiger partial charge in [-0.1, -0.05) is 37.3 Å². The van der Waals surface area contributed by atoms with Gasteiger partial charge < -0.3 is 25.0 Å². The molecule has 0 spiro atoms. The van der Waals surface area contributed by atoms with Crippen LogP contribution in [0.15, 0.2) is 78.9 Å². The number of urea groups is 1. The van der Waals surface area contributed by atoms with Gasteiger partial charge in [-0.3, -0.25) is 10.2 Å². The first-order valence-corrected chi connectivity index (χ1v) is 13.3. The molecule has 3 aromatic rings. The molecular weight excluding hydrogens is 494 g/mol. The van der Waals surface area contributed by atoms with Crippen LogP contribution in [0.5, 0.6) is 5.75 Å². The third-order valence-electron chi connectivity index (χ3n) is 7.04. The zero-order chi connectivity index (χ0) is 27.6. The molecule has 1 aliphatic rings. The van der Waals surface area contributed by atoms with E-state index in [-0.39, 0.29) is 17.9 Å². The molecule has 0 aliphatic carbocycles. The summed E-state index contributed by atoms with van der Waals surface area (Å²) in [5.41, 5.74) is 6.41. The first kappa shape index (κ1) is 27.8. The first-order valence-electron chi connectivity index (χ1n) is 13.3. The number of ether oxygens (including phenoxy) is 1. The van der Waals surface area contributed by atoms with Crippen molar-refractivity contribution in [1.29, 1.82) is 0 Å². The summed E-state index contributed by atoms with van der Waals surface area (Å²) in [5.74, 6) is 0.269. The molecular formula is C30H37N5O4. The van der Waals surface area contributed by atoms with Gasteiger partial charge in [0.15, 0.2) is 0 Å². The van der Waals surface area contributed by atoms with Crippen LogP contribution in [-0.4, -0.2) is 60.9 Å². The average molecular weight is 532 g/mol. The second-order valence-corrected chi connectivity index (χ2v) is 9.56. The molecule has 3 N–H and O–H groups in total. The molecule has 0 saturated carbocycles. The van der Waals surface area contributed by atoms with E-state index in [1.807, 2.05) is 80.6 Å². The van der Waals surface area contributed by atoms with Gasteiger partial charge in [0, 0.05) is 43.2 Å². The molecule has 9 nitrogen and oxygen atoms in total. The van der Waals surface area contributed by atoms with E-state index in [1.54, 1.807) is 12.1 Å². The number of benzene rings is 3. The van der Waals surface area contributed by atoms with Gasteiger partial charge >= 0.3 is 6.03 Å². The highest BCUT2D eigenvalue weighted by molar-refractivity contribution is 5.90. The third kappa shape index (κ3) is 7.42. The number of carbonyl (C=O) groups excluding carboxylic acids is 2. The zero-order valence-electron chi connectivity index (χ0n) is 22.5. The van der Waals surface area contributed by atoms with Crippen molar-refractivity contribution in [2.45, 2.75) is 39.0 Å². The number of hydrazine groups is 1. The van der Waals surface area contributed by atoms with Gasteiger partial charge in [0.1, 0.15) is 5.75 Å². The number of aromatic hydroxyl groups is 1. The van der Waals surface area contributed by atoms with Crippen LogP contribution in [-0.2, 0) is 16.1 Å². The van der Waals surface area contributed by atoms with E-state index in [4.69, 9.17) is 4.74 Å². The minimum atomic E-state index is -0.431. The summed E-state index contributed by atoms with van der Waals surface area (Å²) in [5, 5.41) is 13.7. The van der Waals surface area contributed by atoms with Gasteiger partial charge in [-0.2, -0.15) is 0 Å². The predicted octanol–water partition coefficient (Wildman–Crippen LogP) is 4.60. The van der Waals surface area contributed by atoms with Crippen LogP contribution in [0.3, 0.4) is 0 Å². The lowest BCUT2D eigenvalue weighted by atomic mass is 10.1. The number of hydrogen-bond donors (Lipinski definition) is 3. The van der Waals surface area contributed by atoms with Crippen molar-refractivity contribution >= 4 is 29.5 Å². The number of rotatable bonds is 11. The molecule has 4 rings (SSSR count). The van der Waals surface area contributed by atoms with E-state index in [9.17, 15) is 14.7 Å². The van der Waals surface area contributed by atoms with Crippen molar-refractivity contribution in [3.8, 4) is 5.75 Å². The Bertz CT molecular complexity index is 1180. The Morgan fingerprint density at radius 3 is 2.05 bits per heavy atom. The summed E-state index contributed by atoms with van der Waals surface area (Å²) in [6.07, 6.45) is 0.794. The molecule has 2 atom stereocenters. The van der Waals surface area contributed by atoms with E-state index in [0.717, 1.165) is 43.1 Å². The van der Waals surface area contributed by atoms with Crippen molar-refractivity contribution in [3.63, 3.8) is 0 Å². The number of anilines is 3. The van der Waals surface area contributed by atoms with E-state index in [0.29, 0.717) is 25.1 Å². The van der Waals surface area contributed by atoms with Gasteiger partial charge in [-0.05, 0) is 67.4 Å². The number of phenolic OH excluding ortho intramolecular Hbond substituents is 1. The van der Waals surface area contributed by atoms with Crippen LogP contribution < -0.4 is 20.5 Å². The highest BCUT2D eigenvalue weighted by Gasteiger charge is 2.28. The Labute approximate surface area is 229 Å². The number of carbonyl (C=O) groups is 2. The molecule has 1 saturated heterocycles. The Morgan fingerprint density at radius 1 is 0.949 bits per heavy atom. The zero-order valence-corrected chi connectivity index (χ0v) is 22.5. The highest BCUT2D eigenvalue weighted by Crippen LogP contribution is 2.24. The Kier molecular flexibility index (Phi) is 9.64. The average Bonchev–Trinajstić information content (AvgIpc) is 2.97. The van der Waals surface area contributed by atoms with Crippen LogP contribution in [0, 0.1) is 0 Å². The molecule has 0 bridgehead atoms. The Morgan fingerprint density at radius 2 is 1.51 bits per heavy atom. The largest absolute Gasteiger partial charge is 0.508 e. The fourth-order valence-electron chi connectivity index (χ4n) is 4.82. The summed E-state index contributed by atoms with van der Waals surface area (Å²) in [6.45, 7) is 7.75. The number of phenols is 1. The first-order chi connectivity index (χ1) is 19.0. The SMILES string of the molecule is CC[C@@H]([C@H](C)OCc1ccccc1)N(NC=O)C(=O)Nc1ccc(N2CCN(c3ccc(O)cc3)CC2)cc1. The number of hydrogen-bond acceptors (Lipinski definition) is 6. The molecule has 39 heavy (non-hydrogen) atoms. The maximum absolute atomic E-state index is 13.2. The standard InChI is InChI=1S/C30H37N5O4/c1-3-29(23(2)39-21-24-7-5-4-6-8-24)35(31-22-36)30(38)32-25-9-11-26(12-10-25)33-17-19-34(20-18-33)27-13-15-28(37)16-14-27/h4-16,22-23,29,37H,3,17-21H2,1-2H3,(H,31,36)(H,32,38)/t23-,29-/m0/s1. The maximum atomic E-state index is 13.2. The maximum Gasteiger partial charge on any atom is 0.340 e. The quantitative estimate of drug-likeness (QED) is 0.247. The second kappa shape index (κ2) is 13.5. The fraction of sp³-hybridized carbons (Fsp3) is 0.333. The Hall–Kier alpha value is -4.24. The predicted molar refractivity (Wildman–Crippen MR) is 154 cm³/mol. The lowest BCUT2D eigenvalue weighted by molar-refractivity contribution is -0.114. The fourth-order valence-corrected chi connectivity index (χ4v) is 4.82. The van der Waals surface area contributed by atoms with Crippen LogP contribution in [0.1, 0.15) is 25.8 Å². The summed E-state index contributed by atoms with van der Waals surface area (Å²) in [6, 6.07) is 24.1. The van der Waals surface area contributed by atoms with Crippen LogP contribution in [0.4, 0.5) is 21.9 Å². The molecule has 206 valence electrons. The molecule has 3 amide bonds. The third-order valence-corrected chi connectivity index (χ3v) is 7.04. The molecule has 1 fully saturated rings. The van der Waals surface area contributed by atoms with Crippen LogP contribution in [0.25, 0.3) is 0 Å². The molecule has 3 aromatic carbocycles. The molecule has 1 aliphatic heterocycles. The van der Waals surface area contributed by atoms with Crippen molar-refractivity contribution in [1.82, 2.24) is 10.4 Å². The van der Waals surface area contributed by atoms with Crippen molar-refractivity contribution in [3.05, 3.63) is 84.4 Å². The van der Waals surface area contributed by atoms with E-state index in [2.05, 4.69) is 20.5 Å². The number of piperazine rings is 1. The number of amides is 3. The van der Waals surface area contributed by atoms with Crippen molar-refractivity contribution in [2.75, 3.05) is 41.3 Å². The summed E-state index contributed by atoms with van der Waals surface area (Å²) in [7, 11) is 0. The van der Waals surface area contributed by atoms with Gasteiger partial charge in [0.25, 0.3) is 0 Å². The van der Waals surface area contributed by atoms with E-state index in [1.165, 1.54) is 5.01 Å². The summed E-state index contributed by atoms with van der Waals surface area (Å²) in [4.78, 5) is 29.1. The van der Waals surface area contributed by atoms with Gasteiger partial charge in [0.05, 0.1) is 18.8 Å². The number of nitrogens with zero attached hydrogens (tertiary/aromatic N) is 3. The summed E-state index contributed by atoms with van der Waals surface area (Å²) >= 11 is 0. The molecule has 0 aromatic heterocycles. The van der Waals surface area contributed by atoms with E-state index < -0.39 is 6.03 Å². The van der Waals surface area contributed by atoms with Gasteiger partial charge in [-0.15, -0.1) is 0 Å². The highest BCUT2D eigenvalue weighted by atomic mass is 16.5. The minimum Gasteiger partial charge on any atom is -0.508 e. The molecule has 0 radical (unpaired) electrons. The number of nitrogens with one attached hydrogen (secondary N) is 2. The van der Waals surface area contributed by atoms with Gasteiger partial charge in [-0.25, -0.2) is 9.80 Å². The lowest BCUT2D eigenvalue weighted by Crippen LogP contribution is -2.55. The van der Waals surface area contributed by atoms with Crippen molar-refractivity contribution < 1.29 is 19.4 Å². The molecule has 9 heteroatoms. The second-order valence-electron chi connectivity index (χ2n) is 9.56. The topological polar surface area (TPSA) is 97.4 Å². The lowest BCUT2D eigenvalue weighted by Gasteiger charge is -2.37. The van der Waals surface area contributed by atoms with Gasteiger partial charge in [0.2, 0.25) is 6.41 Å². The van der Waals surface area contributed by atoms with Crippen LogP contribution in [0.2, 0.25) is 0 Å². The van der Waals surface area contributed by atoms with Crippen LogP contribution >= 0.6 is 0 Å². The monoisotopic (exact) mass is 531 g/mol. The molecule has 0 unspecified atom stereocenters. The Balaban J connectivity index is 1.32. The van der Waals surface area contributed by atoms with Crippen molar-refractivity contribution in [2.24, 2.45) is 0 Å². The normalized spacial score (nSPS) is 14.8. The smallest absolute Gasteiger partial charge is 0.340 e.